The van der Waals surface area contributed by atoms with E-state index in [-0.39, 0.29) is 28.2 Å². The maximum Gasteiger partial charge on any atom is 0.288 e. The van der Waals surface area contributed by atoms with Crippen LogP contribution in [0.5, 0.6) is 0 Å². The Morgan fingerprint density at radius 1 is 1.23 bits per heavy atom. The normalized spacial score (nSPS) is 11.8. The average molecular weight is 319 g/mol. The molecule has 5 nitrogen and oxygen atoms in total. The van der Waals surface area contributed by atoms with E-state index in [1.54, 1.807) is 0 Å². The van der Waals surface area contributed by atoms with E-state index in [9.17, 15) is 14.9 Å². The average Bonchev–Trinajstić information content (AvgIpc) is 2.47. The van der Waals surface area contributed by atoms with Crippen molar-refractivity contribution in [3.8, 4) is 0 Å². The van der Waals surface area contributed by atoms with E-state index >= 15 is 0 Å². The molecule has 6 heteroatoms. The van der Waals surface area contributed by atoms with Crippen molar-refractivity contribution in [1.82, 2.24) is 5.32 Å². The molecule has 0 aliphatic rings. The number of halogens is 1. The molecule has 114 valence electrons. The van der Waals surface area contributed by atoms with E-state index in [0.29, 0.717) is 0 Å². The third-order valence-corrected chi connectivity index (χ3v) is 3.65. The minimum atomic E-state index is -0.609. The molecular weight excluding hydrogens is 304 g/mol. The molecule has 0 bridgehead atoms. The Kier molecular flexibility index (Phi) is 4.78. The van der Waals surface area contributed by atoms with E-state index in [1.807, 2.05) is 38.1 Å². The van der Waals surface area contributed by atoms with Gasteiger partial charge in [0.15, 0.2) is 0 Å². The van der Waals surface area contributed by atoms with Crippen LogP contribution in [0, 0.1) is 17.0 Å². The van der Waals surface area contributed by atoms with Gasteiger partial charge in [0.2, 0.25) is 0 Å². The topological polar surface area (TPSA) is 72.2 Å². The van der Waals surface area contributed by atoms with Crippen LogP contribution in [0.25, 0.3) is 0 Å². The lowest BCUT2D eigenvalue weighted by molar-refractivity contribution is -0.384. The molecule has 0 heterocycles. The van der Waals surface area contributed by atoms with Gasteiger partial charge in [-0.1, -0.05) is 41.4 Å². The number of hydrogen-bond acceptors (Lipinski definition) is 3. The smallest absolute Gasteiger partial charge is 0.288 e. The molecular formula is C16H15ClN2O3. The van der Waals surface area contributed by atoms with Gasteiger partial charge in [0.1, 0.15) is 5.02 Å². The Balaban J connectivity index is 2.16. The van der Waals surface area contributed by atoms with Crippen molar-refractivity contribution in [3.05, 3.63) is 74.3 Å². The van der Waals surface area contributed by atoms with E-state index < -0.39 is 4.92 Å². The molecule has 0 unspecified atom stereocenters. The number of nitrogens with zero attached hydrogens (tertiary/aromatic N) is 1. The van der Waals surface area contributed by atoms with Gasteiger partial charge in [0.25, 0.3) is 11.6 Å². The highest BCUT2D eigenvalue weighted by molar-refractivity contribution is 6.32. The molecule has 0 aliphatic heterocycles. The fraction of sp³-hybridized carbons (Fsp3) is 0.188. The zero-order valence-corrected chi connectivity index (χ0v) is 12.9. The summed E-state index contributed by atoms with van der Waals surface area (Å²) < 4.78 is 0. The Morgan fingerprint density at radius 3 is 2.45 bits per heavy atom. The van der Waals surface area contributed by atoms with Crippen molar-refractivity contribution in [2.45, 2.75) is 19.9 Å². The standard InChI is InChI=1S/C16H15ClN2O3/c1-10-3-5-12(6-4-10)11(2)18-16(20)13-7-8-14(17)15(9-13)19(21)22/h3-9,11H,1-2H3,(H,18,20)/t11-/m0/s1. The van der Waals surface area contributed by atoms with Crippen LogP contribution in [-0.2, 0) is 0 Å². The summed E-state index contributed by atoms with van der Waals surface area (Å²) in [7, 11) is 0. The summed E-state index contributed by atoms with van der Waals surface area (Å²) in [4.78, 5) is 22.5. The summed E-state index contributed by atoms with van der Waals surface area (Å²) >= 11 is 5.74. The number of carbonyl (C=O) groups excluding carboxylic acids is 1. The SMILES string of the molecule is Cc1ccc([C@H](C)NC(=O)c2ccc(Cl)c([N+](=O)[O-])c2)cc1. The first kappa shape index (κ1) is 16.0. The second-order valence-electron chi connectivity index (χ2n) is 5.03. The van der Waals surface area contributed by atoms with Crippen molar-refractivity contribution in [2.24, 2.45) is 0 Å². The van der Waals surface area contributed by atoms with Crippen LogP contribution in [0.1, 0.15) is 34.5 Å². The number of hydrogen-bond donors (Lipinski definition) is 1. The van der Waals surface area contributed by atoms with Gasteiger partial charge in [0, 0.05) is 11.6 Å². The first-order chi connectivity index (χ1) is 10.4. The Hall–Kier alpha value is -2.40. The molecule has 0 radical (unpaired) electrons. The maximum absolute atomic E-state index is 12.2. The fourth-order valence-corrected chi connectivity index (χ4v) is 2.20. The van der Waals surface area contributed by atoms with Gasteiger partial charge in [-0.25, -0.2) is 0 Å². The van der Waals surface area contributed by atoms with Crippen molar-refractivity contribution in [2.75, 3.05) is 0 Å². The summed E-state index contributed by atoms with van der Waals surface area (Å²) in [6.45, 7) is 3.84. The third-order valence-electron chi connectivity index (χ3n) is 3.33. The Bertz CT molecular complexity index is 714. The lowest BCUT2D eigenvalue weighted by Crippen LogP contribution is -2.26. The van der Waals surface area contributed by atoms with Gasteiger partial charge in [-0.3, -0.25) is 14.9 Å². The van der Waals surface area contributed by atoms with Crippen molar-refractivity contribution in [1.29, 1.82) is 0 Å². The summed E-state index contributed by atoms with van der Waals surface area (Å²) in [5.74, 6) is -0.382. The van der Waals surface area contributed by atoms with Crippen LogP contribution in [0.4, 0.5) is 5.69 Å². The molecule has 1 amide bonds. The number of rotatable bonds is 4. The van der Waals surface area contributed by atoms with E-state index in [1.165, 1.54) is 18.2 Å². The molecule has 0 aromatic heterocycles. The molecule has 22 heavy (non-hydrogen) atoms. The molecule has 2 rings (SSSR count). The fourth-order valence-electron chi connectivity index (χ4n) is 2.01. The minimum Gasteiger partial charge on any atom is -0.346 e. The third kappa shape index (κ3) is 3.62. The number of nitrogens with one attached hydrogen (secondary N) is 1. The van der Waals surface area contributed by atoms with E-state index in [2.05, 4.69) is 5.32 Å². The number of aryl methyl sites for hydroxylation is 1. The van der Waals surface area contributed by atoms with Crippen LogP contribution in [0.3, 0.4) is 0 Å². The number of benzene rings is 2. The zero-order chi connectivity index (χ0) is 16.3. The first-order valence-corrected chi connectivity index (χ1v) is 7.07. The van der Waals surface area contributed by atoms with Crippen molar-refractivity contribution < 1.29 is 9.72 Å². The quantitative estimate of drug-likeness (QED) is 0.682. The lowest BCUT2D eigenvalue weighted by Gasteiger charge is -2.14. The molecule has 2 aromatic rings. The van der Waals surface area contributed by atoms with Crippen LogP contribution in [0.15, 0.2) is 42.5 Å². The second kappa shape index (κ2) is 6.58. The van der Waals surface area contributed by atoms with Gasteiger partial charge in [-0.15, -0.1) is 0 Å². The van der Waals surface area contributed by atoms with Crippen LogP contribution < -0.4 is 5.32 Å². The monoisotopic (exact) mass is 318 g/mol. The van der Waals surface area contributed by atoms with Crippen molar-refractivity contribution >= 4 is 23.2 Å². The molecule has 0 fully saturated rings. The molecule has 0 aliphatic carbocycles. The van der Waals surface area contributed by atoms with Crippen LogP contribution >= 0.6 is 11.6 Å². The maximum atomic E-state index is 12.2. The van der Waals surface area contributed by atoms with Crippen molar-refractivity contribution in [3.63, 3.8) is 0 Å². The number of nitro benzene ring substituents is 1. The highest BCUT2D eigenvalue weighted by Crippen LogP contribution is 2.25. The number of nitro groups is 1. The summed E-state index contributed by atoms with van der Waals surface area (Å²) in [5.41, 5.74) is 2.02. The highest BCUT2D eigenvalue weighted by Gasteiger charge is 2.17. The number of amides is 1. The predicted molar refractivity (Wildman–Crippen MR) is 85.2 cm³/mol. The van der Waals surface area contributed by atoms with Gasteiger partial charge < -0.3 is 5.32 Å². The molecule has 0 saturated carbocycles. The second-order valence-corrected chi connectivity index (χ2v) is 5.44. The van der Waals surface area contributed by atoms with Gasteiger partial charge in [0.05, 0.1) is 11.0 Å². The van der Waals surface area contributed by atoms with Gasteiger partial charge in [-0.05, 0) is 31.5 Å². The van der Waals surface area contributed by atoms with Crippen LogP contribution in [-0.4, -0.2) is 10.8 Å². The molecule has 1 N–H and O–H groups in total. The summed E-state index contributed by atoms with van der Waals surface area (Å²) in [6.07, 6.45) is 0. The molecule has 0 saturated heterocycles. The number of carbonyl (C=O) groups is 1. The molecule has 2 aromatic carbocycles. The molecule has 1 atom stereocenters. The Morgan fingerprint density at radius 2 is 1.86 bits per heavy atom. The van der Waals surface area contributed by atoms with E-state index in [0.717, 1.165) is 11.1 Å². The zero-order valence-electron chi connectivity index (χ0n) is 12.2. The highest BCUT2D eigenvalue weighted by atomic mass is 35.5. The first-order valence-electron chi connectivity index (χ1n) is 6.70. The van der Waals surface area contributed by atoms with Gasteiger partial charge >= 0.3 is 0 Å². The summed E-state index contributed by atoms with van der Waals surface area (Å²) in [5, 5.41) is 13.7. The predicted octanol–water partition coefficient (Wildman–Crippen LogP) is 4.05. The molecule has 0 spiro atoms. The Labute approximate surface area is 133 Å². The van der Waals surface area contributed by atoms with E-state index in [4.69, 9.17) is 11.6 Å². The minimum absolute atomic E-state index is 0.00753. The van der Waals surface area contributed by atoms with Crippen LogP contribution in [0.2, 0.25) is 5.02 Å². The largest absolute Gasteiger partial charge is 0.346 e. The van der Waals surface area contributed by atoms with Gasteiger partial charge in [-0.2, -0.15) is 0 Å². The lowest BCUT2D eigenvalue weighted by atomic mass is 10.1. The summed E-state index contributed by atoms with van der Waals surface area (Å²) in [6, 6.07) is 11.6.